The lowest BCUT2D eigenvalue weighted by molar-refractivity contribution is 0.646. The summed E-state index contributed by atoms with van der Waals surface area (Å²) < 4.78 is 2.34. The second-order valence-corrected chi connectivity index (χ2v) is 7.14. The molecule has 0 spiro atoms. The van der Waals surface area contributed by atoms with Crippen LogP contribution in [0.25, 0.3) is 10.9 Å². The van der Waals surface area contributed by atoms with E-state index in [1.165, 1.54) is 22.0 Å². The van der Waals surface area contributed by atoms with Crippen LogP contribution in [0.1, 0.15) is 5.56 Å². The quantitative estimate of drug-likeness (QED) is 0.715. The average molecular weight is 340 g/mol. The molecular formula is C16H12N4OS2. The summed E-state index contributed by atoms with van der Waals surface area (Å²) in [7, 11) is 0. The summed E-state index contributed by atoms with van der Waals surface area (Å²) in [6.07, 6.45) is 0. The average Bonchev–Trinajstić information content (AvgIpc) is 2.61. The molecule has 0 atom stereocenters. The summed E-state index contributed by atoms with van der Waals surface area (Å²) in [5.74, 6) is 1.31. The van der Waals surface area contributed by atoms with Crippen molar-refractivity contribution in [3.8, 4) is 0 Å². The number of thioether (sulfide) groups is 2. The van der Waals surface area contributed by atoms with Gasteiger partial charge in [-0.15, -0.1) is 5.10 Å². The minimum atomic E-state index is -0.120. The highest BCUT2D eigenvalue weighted by atomic mass is 32.2. The summed E-state index contributed by atoms with van der Waals surface area (Å²) in [6.45, 7) is 0. The fraction of sp³-hybridized carbons (Fsp3) is 0.125. The monoisotopic (exact) mass is 340 g/mol. The van der Waals surface area contributed by atoms with Gasteiger partial charge >= 0.3 is 0 Å². The molecule has 0 radical (unpaired) electrons. The standard InChI is InChI=1S/C16H12N4OS2/c21-15-12-6-2-4-8-14(12)18-19-20(15)10-23-16-17-13-7-3-1-5-11(13)9-22-16/h1-8H,9-10H2. The summed E-state index contributed by atoms with van der Waals surface area (Å²) in [4.78, 5) is 17.0. The number of benzene rings is 2. The predicted octanol–water partition coefficient (Wildman–Crippen LogP) is 3.42. The van der Waals surface area contributed by atoms with E-state index in [-0.39, 0.29) is 5.56 Å². The first-order valence-electron chi connectivity index (χ1n) is 7.06. The molecule has 7 heteroatoms. The molecule has 0 saturated carbocycles. The third-order valence-electron chi connectivity index (χ3n) is 3.49. The van der Waals surface area contributed by atoms with Crippen molar-refractivity contribution < 1.29 is 0 Å². The van der Waals surface area contributed by atoms with Crippen molar-refractivity contribution in [1.29, 1.82) is 0 Å². The molecule has 1 aliphatic heterocycles. The molecule has 0 unspecified atom stereocenters. The maximum atomic E-state index is 12.4. The minimum absolute atomic E-state index is 0.120. The van der Waals surface area contributed by atoms with E-state index in [1.807, 2.05) is 30.3 Å². The fourth-order valence-corrected chi connectivity index (χ4v) is 4.23. The zero-order valence-electron chi connectivity index (χ0n) is 12.0. The lowest BCUT2D eigenvalue weighted by Gasteiger charge is -2.14. The van der Waals surface area contributed by atoms with Crippen LogP contribution in [0.15, 0.2) is 58.3 Å². The largest absolute Gasteiger partial charge is 0.278 e. The van der Waals surface area contributed by atoms with E-state index < -0.39 is 0 Å². The van der Waals surface area contributed by atoms with Crippen LogP contribution in [0.4, 0.5) is 5.69 Å². The fourth-order valence-electron chi connectivity index (χ4n) is 2.31. The number of aliphatic imine (C=N–C) groups is 1. The number of para-hydroxylation sites is 1. The van der Waals surface area contributed by atoms with Crippen molar-refractivity contribution in [2.45, 2.75) is 11.6 Å². The van der Waals surface area contributed by atoms with Crippen LogP contribution >= 0.6 is 23.5 Å². The van der Waals surface area contributed by atoms with Crippen molar-refractivity contribution in [1.82, 2.24) is 15.0 Å². The van der Waals surface area contributed by atoms with Crippen LogP contribution in [-0.2, 0) is 11.6 Å². The van der Waals surface area contributed by atoms with Crippen molar-refractivity contribution in [3.63, 3.8) is 0 Å². The molecule has 1 aliphatic rings. The van der Waals surface area contributed by atoms with Gasteiger partial charge in [0, 0.05) is 5.75 Å². The zero-order valence-corrected chi connectivity index (χ0v) is 13.7. The first kappa shape index (κ1) is 14.5. The van der Waals surface area contributed by atoms with Crippen molar-refractivity contribution in [2.75, 3.05) is 0 Å². The summed E-state index contributed by atoms with van der Waals surface area (Å²) >= 11 is 3.19. The number of rotatable bonds is 2. The maximum Gasteiger partial charge on any atom is 0.278 e. The van der Waals surface area contributed by atoms with Crippen molar-refractivity contribution in [2.24, 2.45) is 4.99 Å². The summed E-state index contributed by atoms with van der Waals surface area (Å²) in [6, 6.07) is 15.4. The first-order valence-corrected chi connectivity index (χ1v) is 9.03. The smallest absolute Gasteiger partial charge is 0.267 e. The SMILES string of the molecule is O=c1c2ccccc2nnn1CSC1=Nc2ccccc2CS1. The molecular weight excluding hydrogens is 328 g/mol. The number of fused-ring (bicyclic) bond motifs is 2. The van der Waals surface area contributed by atoms with Crippen LogP contribution in [-0.4, -0.2) is 19.4 Å². The third-order valence-corrected chi connectivity index (χ3v) is 5.71. The lowest BCUT2D eigenvalue weighted by Crippen LogP contribution is -2.23. The van der Waals surface area contributed by atoms with E-state index in [4.69, 9.17) is 0 Å². The molecule has 2 heterocycles. The normalized spacial score (nSPS) is 13.7. The Hall–Kier alpha value is -2.12. The van der Waals surface area contributed by atoms with Gasteiger partial charge in [-0.1, -0.05) is 59.1 Å². The van der Waals surface area contributed by atoms with Gasteiger partial charge < -0.3 is 0 Å². The molecule has 0 amide bonds. The number of hydrogen-bond donors (Lipinski definition) is 0. The second kappa shape index (κ2) is 6.17. The highest BCUT2D eigenvalue weighted by molar-refractivity contribution is 8.38. The molecule has 4 rings (SSSR count). The van der Waals surface area contributed by atoms with Gasteiger partial charge in [0.1, 0.15) is 9.89 Å². The van der Waals surface area contributed by atoms with Gasteiger partial charge in [0.25, 0.3) is 5.56 Å². The molecule has 114 valence electrons. The van der Waals surface area contributed by atoms with Gasteiger partial charge in [0.15, 0.2) is 0 Å². The van der Waals surface area contributed by atoms with Crippen molar-refractivity contribution >= 4 is 44.5 Å². The Labute approximate surface area is 140 Å². The Morgan fingerprint density at radius 1 is 1.13 bits per heavy atom. The molecule has 0 bridgehead atoms. The van der Waals surface area contributed by atoms with E-state index in [0.29, 0.717) is 16.8 Å². The Bertz CT molecular complexity index is 967. The van der Waals surface area contributed by atoms with E-state index >= 15 is 0 Å². The molecule has 0 N–H and O–H groups in total. The second-order valence-electron chi connectivity index (χ2n) is 4.98. The van der Waals surface area contributed by atoms with Crippen LogP contribution in [0.5, 0.6) is 0 Å². The van der Waals surface area contributed by atoms with Gasteiger partial charge in [-0.05, 0) is 23.8 Å². The molecule has 0 fully saturated rings. The number of nitrogens with zero attached hydrogens (tertiary/aromatic N) is 4. The first-order chi connectivity index (χ1) is 11.3. The molecule has 1 aromatic heterocycles. The van der Waals surface area contributed by atoms with Gasteiger partial charge in [-0.2, -0.15) is 4.68 Å². The number of hydrogen-bond acceptors (Lipinski definition) is 6. The van der Waals surface area contributed by atoms with Crippen LogP contribution in [0, 0.1) is 0 Å². The van der Waals surface area contributed by atoms with Gasteiger partial charge in [-0.25, -0.2) is 4.99 Å². The number of aromatic nitrogens is 3. The Balaban J connectivity index is 1.57. The van der Waals surface area contributed by atoms with E-state index in [0.717, 1.165) is 15.8 Å². The molecule has 23 heavy (non-hydrogen) atoms. The summed E-state index contributed by atoms with van der Waals surface area (Å²) in [5.41, 5.74) is 2.75. The molecule has 3 aromatic rings. The summed E-state index contributed by atoms with van der Waals surface area (Å²) in [5, 5.41) is 8.69. The zero-order chi connectivity index (χ0) is 15.6. The van der Waals surface area contributed by atoms with Crippen LogP contribution < -0.4 is 5.56 Å². The maximum absolute atomic E-state index is 12.4. The van der Waals surface area contributed by atoms with E-state index in [2.05, 4.69) is 21.4 Å². The highest BCUT2D eigenvalue weighted by Crippen LogP contribution is 2.34. The molecule has 0 aliphatic carbocycles. The third kappa shape index (κ3) is 2.89. The van der Waals surface area contributed by atoms with Crippen LogP contribution in [0.2, 0.25) is 0 Å². The van der Waals surface area contributed by atoms with Crippen molar-refractivity contribution in [3.05, 3.63) is 64.4 Å². The minimum Gasteiger partial charge on any atom is -0.267 e. The molecule has 0 saturated heterocycles. The predicted molar refractivity (Wildman–Crippen MR) is 96.2 cm³/mol. The van der Waals surface area contributed by atoms with Gasteiger partial charge in [0.2, 0.25) is 0 Å². The highest BCUT2D eigenvalue weighted by Gasteiger charge is 2.13. The Kier molecular flexibility index (Phi) is 3.88. The Morgan fingerprint density at radius 2 is 1.96 bits per heavy atom. The Morgan fingerprint density at radius 3 is 2.91 bits per heavy atom. The van der Waals surface area contributed by atoms with E-state index in [9.17, 15) is 4.79 Å². The molecule has 5 nitrogen and oxygen atoms in total. The topological polar surface area (TPSA) is 60.1 Å². The van der Waals surface area contributed by atoms with Crippen LogP contribution in [0.3, 0.4) is 0 Å². The lowest BCUT2D eigenvalue weighted by atomic mass is 10.2. The van der Waals surface area contributed by atoms with Gasteiger partial charge in [0.05, 0.1) is 17.0 Å². The molecule has 2 aromatic carbocycles. The van der Waals surface area contributed by atoms with E-state index in [1.54, 1.807) is 23.9 Å². The van der Waals surface area contributed by atoms with Gasteiger partial charge in [-0.3, -0.25) is 4.79 Å².